The maximum Gasteiger partial charge on any atom is 0.253 e. The Hall–Kier alpha value is -3.68. The second-order valence-electron chi connectivity index (χ2n) is 9.98. The second-order valence-corrected chi connectivity index (χ2v) is 10.4. The Morgan fingerprint density at radius 2 is 2.03 bits per heavy atom. The zero-order valence-electron chi connectivity index (χ0n) is 19.4. The maximum absolute atomic E-state index is 13.2. The van der Waals surface area contributed by atoms with Gasteiger partial charge >= 0.3 is 0 Å². The molecule has 36 heavy (non-hydrogen) atoms. The van der Waals surface area contributed by atoms with E-state index in [-0.39, 0.29) is 17.9 Å². The number of piperidine rings is 1. The average molecular weight is 498 g/mol. The molecule has 1 saturated carbocycles. The van der Waals surface area contributed by atoms with Gasteiger partial charge in [-0.15, -0.1) is 0 Å². The number of hydrogen-bond acceptors (Lipinski definition) is 5. The van der Waals surface area contributed by atoms with E-state index in [2.05, 4.69) is 20.5 Å². The quantitative estimate of drug-likeness (QED) is 0.441. The van der Waals surface area contributed by atoms with Crippen molar-refractivity contribution in [3.8, 4) is 5.69 Å². The largest absolute Gasteiger partial charge is 0.351 e. The molecule has 1 aliphatic carbocycles. The second kappa shape index (κ2) is 7.91. The van der Waals surface area contributed by atoms with Crippen molar-refractivity contribution in [2.45, 2.75) is 25.0 Å². The molecule has 1 unspecified atom stereocenters. The number of carbonyl (C=O) groups excluding carboxylic acids is 1. The summed E-state index contributed by atoms with van der Waals surface area (Å²) >= 11 is 6.24. The number of aromatic nitrogens is 2. The summed E-state index contributed by atoms with van der Waals surface area (Å²) in [6.45, 7) is 2.15. The first-order valence-corrected chi connectivity index (χ1v) is 12.5. The van der Waals surface area contributed by atoms with Crippen LogP contribution < -0.4 is 21.0 Å². The van der Waals surface area contributed by atoms with Crippen molar-refractivity contribution in [1.29, 1.82) is 0 Å². The molecule has 2 aromatic heterocycles. The fourth-order valence-electron chi connectivity index (χ4n) is 5.93. The molecule has 0 bridgehead atoms. The van der Waals surface area contributed by atoms with E-state index in [0.717, 1.165) is 30.1 Å². The van der Waals surface area contributed by atoms with Crippen molar-refractivity contribution in [3.05, 3.63) is 99.4 Å². The van der Waals surface area contributed by atoms with E-state index < -0.39 is 0 Å². The van der Waals surface area contributed by atoms with Gasteiger partial charge in [-0.05, 0) is 48.9 Å². The van der Waals surface area contributed by atoms with Crippen molar-refractivity contribution in [1.82, 2.24) is 20.2 Å². The molecule has 8 heteroatoms. The Morgan fingerprint density at radius 3 is 2.78 bits per heavy atom. The number of pyridine rings is 2. The SMILES string of the molecule is O=C(NCc1cn(-c2ccccc2)c2cc(Cl)ccc2c1=O)c1ccc(N2CC34C[C@@H]3NC[C@@H]24)nc1. The Balaban J connectivity index is 1.12. The van der Waals surface area contributed by atoms with Crippen molar-refractivity contribution >= 4 is 34.2 Å². The van der Waals surface area contributed by atoms with Gasteiger partial charge in [0, 0.05) is 65.1 Å². The maximum atomic E-state index is 13.2. The fourth-order valence-corrected chi connectivity index (χ4v) is 6.09. The molecule has 0 radical (unpaired) electrons. The molecule has 2 aromatic carbocycles. The number of benzene rings is 2. The molecule has 1 spiro atoms. The number of fused-ring (bicyclic) bond motifs is 1. The first-order valence-electron chi connectivity index (χ1n) is 12.2. The standard InChI is InChI=1S/C28H24ClN5O2/c29-19-7-8-21-22(10-19)33(20-4-2-1-3-5-20)15-18(26(21)35)13-32-27(36)17-6-9-25(31-12-17)34-16-28-11-23(28)30-14-24(28)34/h1-10,12,15,23-24,30H,11,13-14,16H2,(H,32,36)/t23-,24+,28?/m0/s1. The molecule has 2 N–H and O–H groups in total. The number of anilines is 1. The predicted molar refractivity (Wildman–Crippen MR) is 140 cm³/mol. The Labute approximate surface area is 212 Å². The molecular formula is C28H24ClN5O2. The van der Waals surface area contributed by atoms with Gasteiger partial charge in [0.15, 0.2) is 5.43 Å². The molecule has 180 valence electrons. The smallest absolute Gasteiger partial charge is 0.253 e. The third kappa shape index (κ3) is 3.27. The number of rotatable bonds is 5. The lowest BCUT2D eigenvalue weighted by molar-refractivity contribution is 0.0950. The van der Waals surface area contributed by atoms with Crippen molar-refractivity contribution < 1.29 is 4.79 Å². The lowest BCUT2D eigenvalue weighted by atomic mass is 9.86. The lowest BCUT2D eigenvalue weighted by Crippen LogP contribution is -2.59. The molecule has 3 fully saturated rings. The van der Waals surface area contributed by atoms with Gasteiger partial charge in [0.1, 0.15) is 5.82 Å². The molecule has 3 aliphatic rings. The molecule has 4 aromatic rings. The summed E-state index contributed by atoms with van der Waals surface area (Å²) in [6.07, 6.45) is 4.66. The van der Waals surface area contributed by atoms with Crippen LogP contribution in [-0.2, 0) is 6.54 Å². The summed E-state index contributed by atoms with van der Waals surface area (Å²) in [5.74, 6) is 0.649. The summed E-state index contributed by atoms with van der Waals surface area (Å²) in [4.78, 5) is 33.0. The highest BCUT2D eigenvalue weighted by Gasteiger charge is 2.71. The van der Waals surface area contributed by atoms with Crippen molar-refractivity contribution in [2.24, 2.45) is 5.41 Å². The number of nitrogens with one attached hydrogen (secondary N) is 2. The van der Waals surface area contributed by atoms with Gasteiger partial charge in [-0.2, -0.15) is 0 Å². The van der Waals surface area contributed by atoms with E-state index in [9.17, 15) is 9.59 Å². The highest BCUT2D eigenvalue weighted by molar-refractivity contribution is 6.31. The monoisotopic (exact) mass is 497 g/mol. The summed E-state index contributed by atoms with van der Waals surface area (Å²) < 4.78 is 1.93. The normalized spacial score (nSPS) is 23.6. The number of hydrogen-bond donors (Lipinski definition) is 2. The minimum absolute atomic E-state index is 0.106. The van der Waals surface area contributed by atoms with E-state index in [0.29, 0.717) is 39.0 Å². The van der Waals surface area contributed by atoms with E-state index >= 15 is 0 Å². The summed E-state index contributed by atoms with van der Waals surface area (Å²) in [5.41, 5.74) is 2.92. The van der Waals surface area contributed by atoms with Crippen LogP contribution in [0.1, 0.15) is 22.3 Å². The van der Waals surface area contributed by atoms with Crippen LogP contribution in [0.15, 0.2) is 77.9 Å². The van der Waals surface area contributed by atoms with E-state index in [1.165, 1.54) is 6.42 Å². The number of para-hydroxylation sites is 1. The van der Waals surface area contributed by atoms with Gasteiger partial charge < -0.3 is 20.1 Å². The van der Waals surface area contributed by atoms with Crippen LogP contribution in [0, 0.1) is 5.41 Å². The first-order chi connectivity index (χ1) is 17.5. The van der Waals surface area contributed by atoms with Gasteiger partial charge in [-0.3, -0.25) is 9.59 Å². The first kappa shape index (κ1) is 21.6. The van der Waals surface area contributed by atoms with Gasteiger partial charge in [-0.1, -0.05) is 29.8 Å². The van der Waals surface area contributed by atoms with Crippen LogP contribution >= 0.6 is 11.6 Å². The van der Waals surface area contributed by atoms with Crippen molar-refractivity contribution in [2.75, 3.05) is 18.0 Å². The Bertz CT molecular complexity index is 1570. The Morgan fingerprint density at radius 1 is 1.17 bits per heavy atom. The van der Waals surface area contributed by atoms with Crippen LogP contribution in [0.2, 0.25) is 5.02 Å². The van der Waals surface area contributed by atoms with Gasteiger partial charge in [0.05, 0.1) is 17.1 Å². The van der Waals surface area contributed by atoms with Crippen LogP contribution in [0.25, 0.3) is 16.6 Å². The number of nitrogens with zero attached hydrogens (tertiary/aromatic N) is 3. The number of carbonyl (C=O) groups is 1. The van der Waals surface area contributed by atoms with Crippen molar-refractivity contribution in [3.63, 3.8) is 0 Å². The van der Waals surface area contributed by atoms with Gasteiger partial charge in [-0.25, -0.2) is 4.98 Å². The highest BCUT2D eigenvalue weighted by atomic mass is 35.5. The number of amides is 1. The lowest BCUT2D eigenvalue weighted by Gasteiger charge is -2.47. The van der Waals surface area contributed by atoms with Gasteiger partial charge in [0.25, 0.3) is 5.91 Å². The molecule has 1 amide bonds. The average Bonchev–Trinajstić information content (AvgIpc) is 3.57. The Kier molecular flexibility index (Phi) is 4.75. The fraction of sp³-hybridized carbons (Fsp3) is 0.250. The summed E-state index contributed by atoms with van der Waals surface area (Å²) in [6, 6.07) is 19.9. The third-order valence-corrected chi connectivity index (χ3v) is 8.23. The van der Waals surface area contributed by atoms with E-state index in [4.69, 9.17) is 11.6 Å². The topological polar surface area (TPSA) is 79.3 Å². The van der Waals surface area contributed by atoms with E-state index in [1.54, 1.807) is 36.7 Å². The summed E-state index contributed by atoms with van der Waals surface area (Å²) in [7, 11) is 0. The van der Waals surface area contributed by atoms with E-state index in [1.807, 2.05) is 41.0 Å². The minimum Gasteiger partial charge on any atom is -0.351 e. The van der Waals surface area contributed by atoms with Crippen LogP contribution in [-0.4, -0.2) is 40.6 Å². The van der Waals surface area contributed by atoms with Crippen LogP contribution in [0.5, 0.6) is 0 Å². The zero-order valence-corrected chi connectivity index (χ0v) is 20.2. The van der Waals surface area contributed by atoms with Gasteiger partial charge in [0.2, 0.25) is 0 Å². The molecule has 2 saturated heterocycles. The molecule has 3 atom stereocenters. The number of halogens is 1. The van der Waals surface area contributed by atoms with Crippen LogP contribution in [0.4, 0.5) is 5.82 Å². The minimum atomic E-state index is -0.263. The molecule has 4 heterocycles. The zero-order chi connectivity index (χ0) is 24.4. The molecular weight excluding hydrogens is 474 g/mol. The predicted octanol–water partition coefficient (Wildman–Crippen LogP) is 3.52. The highest BCUT2D eigenvalue weighted by Crippen LogP contribution is 2.61. The molecule has 2 aliphatic heterocycles. The third-order valence-electron chi connectivity index (χ3n) is 8.00. The summed E-state index contributed by atoms with van der Waals surface area (Å²) in [5, 5.41) is 7.57. The van der Waals surface area contributed by atoms with Crippen LogP contribution in [0.3, 0.4) is 0 Å². The molecule has 7 nitrogen and oxygen atoms in total. The molecule has 7 rings (SSSR count).